The fraction of sp³-hybridized carbons (Fsp3) is 0.278. The molecule has 2 aliphatic heterocycles. The van der Waals surface area contributed by atoms with Gasteiger partial charge in [0, 0.05) is 16.7 Å². The fourth-order valence-electron chi connectivity index (χ4n) is 3.30. The first-order valence-electron chi connectivity index (χ1n) is 9.64. The highest BCUT2D eigenvalue weighted by atomic mass is 32.2. The lowest BCUT2D eigenvalue weighted by molar-refractivity contribution is -0.150. The molecule has 2 aromatic heterocycles. The van der Waals surface area contributed by atoms with Gasteiger partial charge in [-0.05, 0) is 5.16 Å². The number of oxime groups is 1. The van der Waals surface area contributed by atoms with Crippen molar-refractivity contribution in [1.82, 2.24) is 20.4 Å². The Bertz CT molecular complexity index is 1270. The second-order valence-electron chi connectivity index (χ2n) is 6.99. The number of anilines is 1. The SMILES string of the molecule is CO/N=C(\C(=O)NC1C(=O)N2C(C(=O)O)=C(COc3cc(C(N)=O)on3)CS[C@H]12)c1csc(N)n1. The number of rotatable bonds is 9. The number of fused-ring (bicyclic) bond motifs is 1. The molecule has 1 saturated heterocycles. The van der Waals surface area contributed by atoms with E-state index in [9.17, 15) is 24.3 Å². The molecule has 0 aromatic carbocycles. The molecular formula is C18H17N7O8S2. The molecule has 1 unspecified atom stereocenters. The molecule has 15 nitrogen and oxygen atoms in total. The number of aromatic nitrogens is 2. The van der Waals surface area contributed by atoms with Crippen LogP contribution in [0.2, 0.25) is 0 Å². The highest BCUT2D eigenvalue weighted by Crippen LogP contribution is 2.40. The van der Waals surface area contributed by atoms with Gasteiger partial charge in [0.2, 0.25) is 5.76 Å². The van der Waals surface area contributed by atoms with Crippen molar-refractivity contribution >= 4 is 57.6 Å². The van der Waals surface area contributed by atoms with Crippen LogP contribution in [0.15, 0.2) is 32.4 Å². The van der Waals surface area contributed by atoms with Crippen molar-refractivity contribution in [3.63, 3.8) is 0 Å². The number of thioether (sulfide) groups is 1. The number of thiazole rings is 1. The first kappa shape index (κ1) is 24.0. The van der Waals surface area contributed by atoms with Crippen LogP contribution in [0.4, 0.5) is 5.13 Å². The van der Waals surface area contributed by atoms with Crippen LogP contribution in [-0.2, 0) is 19.2 Å². The van der Waals surface area contributed by atoms with Crippen molar-refractivity contribution in [3.05, 3.63) is 34.2 Å². The third-order valence-corrected chi connectivity index (χ3v) is 6.84. The molecule has 2 atom stereocenters. The van der Waals surface area contributed by atoms with Crippen LogP contribution in [0.1, 0.15) is 16.2 Å². The molecule has 2 aromatic rings. The van der Waals surface area contributed by atoms with Crippen LogP contribution in [0.5, 0.6) is 5.88 Å². The van der Waals surface area contributed by atoms with E-state index in [-0.39, 0.29) is 46.2 Å². The summed E-state index contributed by atoms with van der Waals surface area (Å²) >= 11 is 2.33. The number of nitrogens with zero attached hydrogens (tertiary/aromatic N) is 4. The Kier molecular flexibility index (Phi) is 6.61. The van der Waals surface area contributed by atoms with Gasteiger partial charge in [-0.1, -0.05) is 5.16 Å². The predicted molar refractivity (Wildman–Crippen MR) is 120 cm³/mol. The minimum absolute atomic E-state index is 0.0733. The number of carboxylic acids is 1. The summed E-state index contributed by atoms with van der Waals surface area (Å²) in [6.07, 6.45) is 0. The Labute approximate surface area is 204 Å². The van der Waals surface area contributed by atoms with E-state index in [4.69, 9.17) is 25.6 Å². The molecule has 17 heteroatoms. The lowest BCUT2D eigenvalue weighted by Crippen LogP contribution is -2.71. The summed E-state index contributed by atoms with van der Waals surface area (Å²) in [7, 11) is 1.25. The van der Waals surface area contributed by atoms with Gasteiger partial charge in [-0.3, -0.25) is 19.3 Å². The zero-order chi connectivity index (χ0) is 25.3. The topological polar surface area (TPSA) is 226 Å². The number of ether oxygens (including phenoxy) is 1. The number of carboxylic acid groups (broad SMARTS) is 1. The van der Waals surface area contributed by atoms with Gasteiger partial charge >= 0.3 is 5.97 Å². The largest absolute Gasteiger partial charge is 0.477 e. The number of hydrogen-bond donors (Lipinski definition) is 4. The van der Waals surface area contributed by atoms with Crippen LogP contribution in [0.25, 0.3) is 0 Å². The van der Waals surface area contributed by atoms with E-state index in [0.29, 0.717) is 5.57 Å². The molecule has 0 aliphatic carbocycles. The Morgan fingerprint density at radius 2 is 2.20 bits per heavy atom. The molecule has 3 amide bonds. The van der Waals surface area contributed by atoms with Crippen molar-refractivity contribution in [1.29, 1.82) is 0 Å². The molecule has 0 saturated carbocycles. The smallest absolute Gasteiger partial charge is 0.352 e. The van der Waals surface area contributed by atoms with Crippen LogP contribution in [-0.4, -0.2) is 80.4 Å². The number of amides is 3. The molecule has 6 N–H and O–H groups in total. The molecule has 0 bridgehead atoms. The third kappa shape index (κ3) is 4.62. The number of carbonyl (C=O) groups is 4. The summed E-state index contributed by atoms with van der Waals surface area (Å²) in [5.41, 5.74) is 10.7. The standard InChI is InChI=1S/C18H17N7O8S2/c1-31-24-10(7-5-35-18(20)21-7)14(27)22-11-15(28)25-12(17(29)30)6(4-34-16(11)25)3-32-9-2-8(13(19)26)33-23-9/h2,5,11,16H,3-4H2,1H3,(H2,19,26)(H2,20,21)(H,22,27)(H,29,30)/b24-10-/t11?,16-/m1/s1. The van der Waals surface area contributed by atoms with E-state index in [2.05, 4.69) is 20.6 Å². The molecule has 4 heterocycles. The number of β-lactam (4-membered cyclic amide) rings is 1. The molecule has 184 valence electrons. The molecule has 2 aliphatic rings. The normalized spacial score (nSPS) is 19.6. The summed E-state index contributed by atoms with van der Waals surface area (Å²) in [5, 5.41) is 20.5. The lowest BCUT2D eigenvalue weighted by Gasteiger charge is -2.49. The summed E-state index contributed by atoms with van der Waals surface area (Å²) in [6.45, 7) is -0.233. The summed E-state index contributed by atoms with van der Waals surface area (Å²) in [5.74, 6) is -3.66. The first-order chi connectivity index (χ1) is 16.7. The average Bonchev–Trinajstić information content (AvgIpc) is 3.47. The second kappa shape index (κ2) is 9.63. The maximum Gasteiger partial charge on any atom is 0.352 e. The first-order valence-corrected chi connectivity index (χ1v) is 11.6. The number of hydrogen-bond acceptors (Lipinski definition) is 13. The maximum atomic E-state index is 12.8. The van der Waals surface area contributed by atoms with Crippen molar-refractivity contribution in [2.24, 2.45) is 10.9 Å². The minimum Gasteiger partial charge on any atom is -0.477 e. The monoisotopic (exact) mass is 523 g/mol. The van der Waals surface area contributed by atoms with Crippen molar-refractivity contribution in [3.8, 4) is 5.88 Å². The van der Waals surface area contributed by atoms with E-state index in [1.165, 1.54) is 24.3 Å². The number of aliphatic carboxylic acids is 1. The summed E-state index contributed by atoms with van der Waals surface area (Å²) in [4.78, 5) is 58.5. The number of nitrogens with two attached hydrogens (primary N) is 2. The molecule has 0 radical (unpaired) electrons. The second-order valence-corrected chi connectivity index (χ2v) is 8.99. The Balaban J connectivity index is 1.48. The van der Waals surface area contributed by atoms with Gasteiger partial charge in [0.1, 0.15) is 36.5 Å². The maximum absolute atomic E-state index is 12.8. The Hall–Kier alpha value is -4.12. The minimum atomic E-state index is -1.34. The zero-order valence-corrected chi connectivity index (χ0v) is 19.4. The number of primary amides is 1. The van der Waals surface area contributed by atoms with Crippen molar-refractivity contribution in [2.45, 2.75) is 11.4 Å². The summed E-state index contributed by atoms with van der Waals surface area (Å²) < 4.78 is 10.1. The molecular weight excluding hydrogens is 506 g/mol. The van der Waals surface area contributed by atoms with Crippen molar-refractivity contribution < 1.29 is 38.4 Å². The highest BCUT2D eigenvalue weighted by Gasteiger charge is 2.54. The van der Waals surface area contributed by atoms with Gasteiger partial charge in [0.05, 0.1) is 6.07 Å². The van der Waals surface area contributed by atoms with Gasteiger partial charge in [0.25, 0.3) is 23.6 Å². The number of carbonyl (C=O) groups excluding carboxylic acids is 3. The van der Waals surface area contributed by atoms with Gasteiger partial charge < -0.3 is 36.0 Å². The molecule has 4 rings (SSSR count). The van der Waals surface area contributed by atoms with Gasteiger partial charge in [-0.15, -0.1) is 23.1 Å². The molecule has 35 heavy (non-hydrogen) atoms. The molecule has 0 spiro atoms. The van der Waals surface area contributed by atoms with Crippen LogP contribution in [0, 0.1) is 0 Å². The Morgan fingerprint density at radius 3 is 2.80 bits per heavy atom. The van der Waals surface area contributed by atoms with Crippen molar-refractivity contribution in [2.75, 3.05) is 25.2 Å². The number of nitrogens with one attached hydrogen (secondary N) is 1. The van der Waals surface area contributed by atoms with Crippen LogP contribution in [0.3, 0.4) is 0 Å². The highest BCUT2D eigenvalue weighted by molar-refractivity contribution is 8.00. The van der Waals surface area contributed by atoms with E-state index in [1.54, 1.807) is 0 Å². The van der Waals surface area contributed by atoms with Crippen LogP contribution >= 0.6 is 23.1 Å². The third-order valence-electron chi connectivity index (χ3n) is 4.82. The molecule has 1 fully saturated rings. The Morgan fingerprint density at radius 1 is 1.43 bits per heavy atom. The lowest BCUT2D eigenvalue weighted by atomic mass is 10.0. The van der Waals surface area contributed by atoms with Gasteiger partial charge in [-0.25, -0.2) is 9.78 Å². The quantitative estimate of drug-likeness (QED) is 0.176. The fourth-order valence-corrected chi connectivity index (χ4v) is 5.18. The number of nitrogen functional groups attached to an aromatic ring is 1. The van der Waals surface area contributed by atoms with E-state index in [0.717, 1.165) is 22.3 Å². The van der Waals surface area contributed by atoms with Crippen LogP contribution < -0.4 is 21.5 Å². The van der Waals surface area contributed by atoms with Gasteiger partial charge in [-0.2, -0.15) is 0 Å². The van der Waals surface area contributed by atoms with E-state index < -0.39 is 35.1 Å². The van der Waals surface area contributed by atoms with E-state index in [1.807, 2.05) is 0 Å². The average molecular weight is 524 g/mol. The van der Waals surface area contributed by atoms with Gasteiger partial charge in [0.15, 0.2) is 10.8 Å². The van der Waals surface area contributed by atoms with E-state index >= 15 is 0 Å². The predicted octanol–water partition coefficient (Wildman–Crippen LogP) is -1.02. The summed E-state index contributed by atoms with van der Waals surface area (Å²) in [6, 6.07) is 0.161. The zero-order valence-electron chi connectivity index (χ0n) is 17.8.